The number of aromatic carboxylic acids is 1. The molecule has 1 aromatic carbocycles. The maximum absolute atomic E-state index is 12.8. The average molecular weight is 425 g/mol. The highest BCUT2D eigenvalue weighted by Gasteiger charge is 2.34. The lowest BCUT2D eigenvalue weighted by atomic mass is 9.96. The largest absolute Gasteiger partial charge is 0.479 e. The van der Waals surface area contributed by atoms with Crippen LogP contribution in [0.3, 0.4) is 0 Å². The van der Waals surface area contributed by atoms with Crippen molar-refractivity contribution >= 4 is 39.8 Å². The molecule has 2 aromatic rings. The van der Waals surface area contributed by atoms with E-state index >= 15 is 0 Å². The molecule has 0 saturated carbocycles. The van der Waals surface area contributed by atoms with Gasteiger partial charge >= 0.3 is 5.97 Å². The summed E-state index contributed by atoms with van der Waals surface area (Å²) in [5.41, 5.74) is 1.73. The summed E-state index contributed by atoms with van der Waals surface area (Å²) in [4.78, 5) is 39.1. The number of rotatable bonds is 4. The summed E-state index contributed by atoms with van der Waals surface area (Å²) in [7, 11) is 0. The van der Waals surface area contributed by atoms with Crippen molar-refractivity contribution in [2.45, 2.75) is 38.7 Å². The molecular formula is C21H19N3O5S. The molecule has 2 heterocycles. The Morgan fingerprint density at radius 2 is 2.13 bits per heavy atom. The Kier molecular flexibility index (Phi) is 5.18. The molecule has 0 spiro atoms. The minimum absolute atomic E-state index is 0.0113. The van der Waals surface area contributed by atoms with Gasteiger partial charge in [0.15, 0.2) is 6.10 Å². The Morgan fingerprint density at radius 3 is 2.87 bits per heavy atom. The van der Waals surface area contributed by atoms with Crippen LogP contribution in [0, 0.1) is 11.3 Å². The van der Waals surface area contributed by atoms with Crippen molar-refractivity contribution in [2.75, 3.05) is 16.8 Å². The van der Waals surface area contributed by atoms with Crippen molar-refractivity contribution in [1.82, 2.24) is 0 Å². The lowest BCUT2D eigenvalue weighted by Gasteiger charge is -2.32. The predicted molar refractivity (Wildman–Crippen MR) is 110 cm³/mol. The molecule has 1 unspecified atom stereocenters. The molecule has 0 bridgehead atoms. The minimum Gasteiger partial charge on any atom is -0.479 e. The number of nitrogens with zero attached hydrogens (tertiary/aromatic N) is 2. The molecule has 2 amide bonds. The summed E-state index contributed by atoms with van der Waals surface area (Å²) >= 11 is 1.41. The maximum atomic E-state index is 12.8. The zero-order valence-electron chi connectivity index (χ0n) is 16.2. The van der Waals surface area contributed by atoms with Gasteiger partial charge in [-0.2, -0.15) is 5.26 Å². The average Bonchev–Trinajstić information content (AvgIpc) is 3.07. The number of carboxylic acids is 1. The van der Waals surface area contributed by atoms with Crippen LogP contribution in [0.1, 0.15) is 46.1 Å². The van der Waals surface area contributed by atoms with Gasteiger partial charge in [-0.05, 0) is 56.4 Å². The summed E-state index contributed by atoms with van der Waals surface area (Å²) in [6.45, 7) is 1.26. The van der Waals surface area contributed by atoms with Crippen molar-refractivity contribution in [3.8, 4) is 11.8 Å². The van der Waals surface area contributed by atoms with E-state index in [2.05, 4.69) is 11.4 Å². The highest BCUT2D eigenvalue weighted by atomic mass is 32.1. The molecule has 2 aliphatic rings. The van der Waals surface area contributed by atoms with Gasteiger partial charge in [-0.1, -0.05) is 0 Å². The number of nitriles is 1. The van der Waals surface area contributed by atoms with E-state index in [1.54, 1.807) is 6.92 Å². The van der Waals surface area contributed by atoms with E-state index in [1.165, 1.54) is 34.4 Å². The van der Waals surface area contributed by atoms with Crippen LogP contribution in [-0.4, -0.2) is 35.5 Å². The third-order valence-electron chi connectivity index (χ3n) is 5.25. The van der Waals surface area contributed by atoms with Crippen LogP contribution in [0.4, 0.5) is 10.7 Å². The number of hydrogen-bond acceptors (Lipinski definition) is 6. The number of carboxylic acid groups (broad SMARTS) is 1. The van der Waals surface area contributed by atoms with E-state index in [1.807, 2.05) is 0 Å². The first-order valence-electron chi connectivity index (χ1n) is 9.59. The van der Waals surface area contributed by atoms with E-state index < -0.39 is 23.9 Å². The summed E-state index contributed by atoms with van der Waals surface area (Å²) < 4.78 is 5.54. The molecule has 1 atom stereocenters. The number of carbonyl (C=O) groups is 3. The van der Waals surface area contributed by atoms with Gasteiger partial charge in [-0.15, -0.1) is 11.3 Å². The zero-order valence-corrected chi connectivity index (χ0v) is 17.0. The minimum atomic E-state index is -1.14. The van der Waals surface area contributed by atoms with Crippen molar-refractivity contribution in [1.29, 1.82) is 5.26 Å². The molecule has 1 aromatic heterocycles. The van der Waals surface area contributed by atoms with Gasteiger partial charge in [-0.25, -0.2) is 4.79 Å². The fraction of sp³-hybridized carbons (Fsp3) is 0.333. The van der Waals surface area contributed by atoms with E-state index in [0.717, 1.165) is 36.1 Å². The number of ether oxygens (including phenoxy) is 1. The van der Waals surface area contributed by atoms with Crippen molar-refractivity contribution in [2.24, 2.45) is 0 Å². The van der Waals surface area contributed by atoms with Crippen LogP contribution in [-0.2, 0) is 22.4 Å². The number of amides is 2. The van der Waals surface area contributed by atoms with Crippen LogP contribution in [0.2, 0.25) is 0 Å². The first kappa shape index (κ1) is 19.9. The molecule has 30 heavy (non-hydrogen) atoms. The summed E-state index contributed by atoms with van der Waals surface area (Å²) in [6.07, 6.45) is 3.01. The fourth-order valence-electron chi connectivity index (χ4n) is 3.79. The lowest BCUT2D eigenvalue weighted by molar-refractivity contribution is -0.127. The highest BCUT2D eigenvalue weighted by Crippen LogP contribution is 2.38. The van der Waals surface area contributed by atoms with Crippen molar-refractivity contribution < 1.29 is 24.2 Å². The number of benzene rings is 1. The maximum Gasteiger partial charge on any atom is 0.335 e. The SMILES string of the molecule is CC1Oc2ccc(C(=O)O)cc2N(CC(=O)Nc2sc3c(c2C#N)CCCC3)C1=O. The van der Waals surface area contributed by atoms with Crippen LogP contribution >= 0.6 is 11.3 Å². The predicted octanol–water partition coefficient (Wildman–Crippen LogP) is 2.95. The standard InChI is InChI=1S/C21H19N3O5S/c1-11-20(26)24(15-8-12(21(27)28)6-7-16(15)29-11)10-18(25)23-19-14(9-22)13-4-2-3-5-17(13)30-19/h6-8,11H,2-5,10H2,1H3,(H,23,25)(H,27,28). The van der Waals surface area contributed by atoms with Gasteiger partial charge in [0.25, 0.3) is 5.91 Å². The molecule has 1 aliphatic heterocycles. The van der Waals surface area contributed by atoms with E-state index in [9.17, 15) is 24.8 Å². The number of hydrogen-bond donors (Lipinski definition) is 2. The molecule has 4 rings (SSSR count). The van der Waals surface area contributed by atoms with Crippen LogP contribution in [0.5, 0.6) is 5.75 Å². The Balaban J connectivity index is 1.60. The Morgan fingerprint density at radius 1 is 1.37 bits per heavy atom. The third-order valence-corrected chi connectivity index (χ3v) is 6.46. The van der Waals surface area contributed by atoms with Gasteiger partial charge in [0.05, 0.1) is 16.8 Å². The van der Waals surface area contributed by atoms with Gasteiger partial charge < -0.3 is 15.2 Å². The number of fused-ring (bicyclic) bond motifs is 2. The zero-order chi connectivity index (χ0) is 21.4. The molecule has 8 nitrogen and oxygen atoms in total. The van der Waals surface area contributed by atoms with Crippen molar-refractivity contribution in [3.05, 3.63) is 39.8 Å². The quantitative estimate of drug-likeness (QED) is 0.777. The molecule has 2 N–H and O–H groups in total. The number of nitrogens with one attached hydrogen (secondary N) is 1. The van der Waals surface area contributed by atoms with Crippen molar-refractivity contribution in [3.63, 3.8) is 0 Å². The normalized spacial score (nSPS) is 17.4. The van der Waals surface area contributed by atoms with Crippen LogP contribution in [0.25, 0.3) is 0 Å². The summed E-state index contributed by atoms with van der Waals surface area (Å²) in [5.74, 6) is -1.70. The first-order valence-corrected chi connectivity index (χ1v) is 10.4. The van der Waals surface area contributed by atoms with Gasteiger partial charge in [0.1, 0.15) is 23.4 Å². The number of aryl methyl sites for hydroxylation is 1. The monoisotopic (exact) mass is 425 g/mol. The smallest absolute Gasteiger partial charge is 0.335 e. The van der Waals surface area contributed by atoms with Gasteiger partial charge in [-0.3, -0.25) is 14.5 Å². The molecule has 9 heteroatoms. The third kappa shape index (κ3) is 3.50. The van der Waals surface area contributed by atoms with E-state index in [0.29, 0.717) is 16.3 Å². The molecule has 0 saturated heterocycles. The van der Waals surface area contributed by atoms with Crippen LogP contribution < -0.4 is 15.0 Å². The van der Waals surface area contributed by atoms with E-state index in [4.69, 9.17) is 4.74 Å². The number of thiophene rings is 1. The summed E-state index contributed by atoms with van der Waals surface area (Å²) in [6, 6.07) is 6.38. The Labute approximate surface area is 176 Å². The number of anilines is 2. The molecule has 0 radical (unpaired) electrons. The fourth-order valence-corrected chi connectivity index (χ4v) is 5.04. The molecule has 0 fully saturated rings. The van der Waals surface area contributed by atoms with Gasteiger partial charge in [0.2, 0.25) is 5.91 Å². The first-order chi connectivity index (χ1) is 14.4. The number of carbonyl (C=O) groups excluding carboxylic acids is 2. The highest BCUT2D eigenvalue weighted by molar-refractivity contribution is 7.16. The van der Waals surface area contributed by atoms with Gasteiger partial charge in [0, 0.05) is 4.88 Å². The molecular weight excluding hydrogens is 406 g/mol. The summed E-state index contributed by atoms with van der Waals surface area (Å²) in [5, 5.41) is 22.1. The topological polar surface area (TPSA) is 120 Å². The molecule has 1 aliphatic carbocycles. The second kappa shape index (κ2) is 7.80. The second-order valence-electron chi connectivity index (χ2n) is 7.25. The second-order valence-corrected chi connectivity index (χ2v) is 8.35. The Hall–Kier alpha value is -3.38. The van der Waals surface area contributed by atoms with E-state index in [-0.39, 0.29) is 17.8 Å². The Bertz CT molecular complexity index is 1100. The van der Waals surface area contributed by atoms with Crippen LogP contribution in [0.15, 0.2) is 18.2 Å². The molecule has 154 valence electrons. The lowest BCUT2D eigenvalue weighted by Crippen LogP contribution is -2.47.